The Morgan fingerprint density at radius 3 is 1.51 bits per heavy atom. The summed E-state index contributed by atoms with van der Waals surface area (Å²) < 4.78 is 0. The molecule has 0 atom stereocenters. The molecule has 0 aliphatic carbocycles. The smallest absolute Gasteiger partial charge is 0.253 e. The van der Waals surface area contributed by atoms with Crippen LogP contribution in [0.3, 0.4) is 0 Å². The van der Waals surface area contributed by atoms with E-state index < -0.39 is 0 Å². The maximum Gasteiger partial charge on any atom is 0.253 e. The average Bonchev–Trinajstić information content (AvgIpc) is 2.95. The molecule has 0 aliphatic rings. The van der Waals surface area contributed by atoms with Gasteiger partial charge < -0.3 is 15.5 Å². The molecule has 3 rings (SSSR count). The van der Waals surface area contributed by atoms with E-state index in [1.807, 2.05) is 12.1 Å². The number of hydrogen-bond acceptors (Lipinski definition) is 5. The molecule has 3 aromatic carbocycles. The van der Waals surface area contributed by atoms with Gasteiger partial charge in [0.1, 0.15) is 0 Å². The van der Waals surface area contributed by atoms with Gasteiger partial charge in [-0.25, -0.2) is 4.85 Å². The van der Waals surface area contributed by atoms with Gasteiger partial charge in [0, 0.05) is 42.9 Å². The van der Waals surface area contributed by atoms with E-state index in [4.69, 9.17) is 17.1 Å². The minimum atomic E-state index is -0.341. The molecule has 0 aliphatic heterocycles. The fourth-order valence-electron chi connectivity index (χ4n) is 3.38. The van der Waals surface area contributed by atoms with E-state index in [9.17, 15) is 14.4 Å². The van der Waals surface area contributed by atoms with Crippen molar-refractivity contribution in [1.29, 1.82) is 10.5 Å². The predicted molar refractivity (Wildman–Crippen MR) is 136 cm³/mol. The van der Waals surface area contributed by atoms with E-state index in [1.165, 1.54) is 4.90 Å². The van der Waals surface area contributed by atoms with E-state index in [0.717, 1.165) is 0 Å². The zero-order valence-corrected chi connectivity index (χ0v) is 19.8. The molecular weight excluding hydrogens is 468 g/mol. The molecule has 0 saturated heterocycles. The molecule has 9 heteroatoms. The summed E-state index contributed by atoms with van der Waals surface area (Å²) in [4.78, 5) is 42.8. The number of carbonyl (C=O) groups is 3. The lowest BCUT2D eigenvalue weighted by Gasteiger charge is -2.23. The lowest BCUT2D eigenvalue weighted by Crippen LogP contribution is -2.42. The molecule has 0 heterocycles. The van der Waals surface area contributed by atoms with Crippen LogP contribution in [0.4, 0.5) is 5.69 Å². The maximum absolute atomic E-state index is 13.1. The highest BCUT2D eigenvalue weighted by Crippen LogP contribution is 2.12. The molecule has 0 bridgehead atoms. The summed E-state index contributed by atoms with van der Waals surface area (Å²) >= 11 is 0. The minimum absolute atomic E-state index is 0.160. The Morgan fingerprint density at radius 2 is 1.11 bits per heavy atom. The summed E-state index contributed by atoms with van der Waals surface area (Å²) in [6.45, 7) is 7.67. The van der Waals surface area contributed by atoms with Crippen LogP contribution in [0.5, 0.6) is 0 Å². The van der Waals surface area contributed by atoms with Crippen LogP contribution in [0.2, 0.25) is 0 Å². The van der Waals surface area contributed by atoms with Crippen molar-refractivity contribution in [1.82, 2.24) is 15.5 Å². The van der Waals surface area contributed by atoms with Crippen LogP contribution in [0.1, 0.15) is 42.2 Å². The second-order valence-corrected chi connectivity index (χ2v) is 7.84. The Labute approximate surface area is 214 Å². The maximum atomic E-state index is 13.1. The molecule has 37 heavy (non-hydrogen) atoms. The standard InChI is InChI=1S/C28H22N6O3/c1-31-25-12-10-23(11-13-25)27(36)33-15-17-34(28(37)24-8-4-21(19-30)5-9-24)16-14-32-26(35)22-6-2-20(18-29)3-7-22/h2-13H,14-17H2,(H,32,35)(H,33,36). The Balaban J connectivity index is 1.62. The molecule has 0 radical (unpaired) electrons. The highest BCUT2D eigenvalue weighted by Gasteiger charge is 2.17. The number of hydrogen-bond donors (Lipinski definition) is 2. The first-order valence-corrected chi connectivity index (χ1v) is 11.3. The highest BCUT2D eigenvalue weighted by molar-refractivity contribution is 5.96. The fourth-order valence-corrected chi connectivity index (χ4v) is 3.38. The van der Waals surface area contributed by atoms with Crippen molar-refractivity contribution >= 4 is 23.4 Å². The zero-order valence-electron chi connectivity index (χ0n) is 19.8. The van der Waals surface area contributed by atoms with Crippen LogP contribution in [-0.4, -0.2) is 48.8 Å². The molecule has 182 valence electrons. The van der Waals surface area contributed by atoms with Crippen LogP contribution in [0.15, 0.2) is 72.8 Å². The summed E-state index contributed by atoms with van der Waals surface area (Å²) in [5.74, 6) is -0.990. The summed E-state index contributed by atoms with van der Waals surface area (Å²) in [6.07, 6.45) is 0. The van der Waals surface area contributed by atoms with Gasteiger partial charge in [-0.3, -0.25) is 14.4 Å². The number of nitriles is 2. The third-order valence-electron chi connectivity index (χ3n) is 5.42. The van der Waals surface area contributed by atoms with Gasteiger partial charge in [0.05, 0.1) is 29.8 Å². The molecule has 0 aromatic heterocycles. The molecular formula is C28H22N6O3. The van der Waals surface area contributed by atoms with Crippen LogP contribution >= 0.6 is 0 Å². The molecule has 0 fully saturated rings. The Bertz CT molecular complexity index is 1320. The number of carbonyl (C=O) groups excluding carboxylic acids is 3. The summed E-state index contributed by atoms with van der Waals surface area (Å²) in [5, 5.41) is 23.4. The first-order chi connectivity index (χ1) is 17.9. The molecule has 9 nitrogen and oxygen atoms in total. The first-order valence-electron chi connectivity index (χ1n) is 11.3. The second kappa shape index (κ2) is 12.9. The number of rotatable bonds is 9. The summed E-state index contributed by atoms with van der Waals surface area (Å²) in [5.41, 5.74) is 2.46. The van der Waals surface area contributed by atoms with Crippen molar-refractivity contribution in [2.45, 2.75) is 0 Å². The van der Waals surface area contributed by atoms with Crippen LogP contribution < -0.4 is 10.6 Å². The lowest BCUT2D eigenvalue weighted by molar-refractivity contribution is 0.0743. The topological polar surface area (TPSA) is 130 Å². The average molecular weight is 491 g/mol. The van der Waals surface area contributed by atoms with Crippen molar-refractivity contribution < 1.29 is 14.4 Å². The molecule has 3 amide bonds. The molecule has 2 N–H and O–H groups in total. The van der Waals surface area contributed by atoms with E-state index in [0.29, 0.717) is 33.5 Å². The van der Waals surface area contributed by atoms with Gasteiger partial charge in [0.25, 0.3) is 17.7 Å². The molecule has 0 unspecified atom stereocenters. The van der Waals surface area contributed by atoms with E-state index in [-0.39, 0.29) is 43.9 Å². The number of benzene rings is 3. The quantitative estimate of drug-likeness (QED) is 0.445. The van der Waals surface area contributed by atoms with Gasteiger partial charge in [-0.05, 0) is 48.5 Å². The van der Waals surface area contributed by atoms with Gasteiger partial charge in [-0.15, -0.1) is 0 Å². The normalized spacial score (nSPS) is 9.76. The van der Waals surface area contributed by atoms with Crippen molar-refractivity contribution in [3.63, 3.8) is 0 Å². The molecule has 0 spiro atoms. The van der Waals surface area contributed by atoms with Crippen molar-refractivity contribution in [3.8, 4) is 12.1 Å². The first kappa shape index (κ1) is 26.2. The number of nitrogens with zero attached hydrogens (tertiary/aromatic N) is 4. The van der Waals surface area contributed by atoms with Gasteiger partial charge in [-0.2, -0.15) is 10.5 Å². The fraction of sp³-hybridized carbons (Fsp3) is 0.143. The lowest BCUT2D eigenvalue weighted by atomic mass is 10.1. The van der Waals surface area contributed by atoms with Gasteiger partial charge in [-0.1, -0.05) is 24.3 Å². The number of nitrogens with one attached hydrogen (secondary N) is 2. The van der Waals surface area contributed by atoms with Crippen LogP contribution in [0, 0.1) is 29.2 Å². The molecule has 0 saturated carbocycles. The zero-order chi connectivity index (χ0) is 26.6. The molecule has 3 aromatic rings. The van der Waals surface area contributed by atoms with Crippen LogP contribution in [0.25, 0.3) is 4.85 Å². The van der Waals surface area contributed by atoms with Gasteiger partial charge >= 0.3 is 0 Å². The minimum Gasteiger partial charge on any atom is -0.350 e. The highest BCUT2D eigenvalue weighted by atomic mass is 16.2. The Morgan fingerprint density at radius 1 is 0.703 bits per heavy atom. The Hall–Kier alpha value is -5.46. The van der Waals surface area contributed by atoms with Gasteiger partial charge in [0.2, 0.25) is 0 Å². The largest absolute Gasteiger partial charge is 0.350 e. The van der Waals surface area contributed by atoms with Crippen molar-refractivity contribution in [2.24, 2.45) is 0 Å². The monoisotopic (exact) mass is 490 g/mol. The van der Waals surface area contributed by atoms with E-state index in [2.05, 4.69) is 15.5 Å². The third-order valence-corrected chi connectivity index (χ3v) is 5.42. The van der Waals surface area contributed by atoms with Gasteiger partial charge in [0.15, 0.2) is 5.69 Å². The SMILES string of the molecule is [C-]#[N+]c1ccc(C(=O)NCCN(CCNC(=O)c2ccc(C#N)cc2)C(=O)c2ccc(C#N)cc2)cc1. The number of amides is 3. The summed E-state index contributed by atoms with van der Waals surface area (Å²) in [6, 6.07) is 22.6. The summed E-state index contributed by atoms with van der Waals surface area (Å²) in [7, 11) is 0. The second-order valence-electron chi connectivity index (χ2n) is 7.84. The van der Waals surface area contributed by atoms with Crippen molar-refractivity contribution in [2.75, 3.05) is 26.2 Å². The van der Waals surface area contributed by atoms with E-state index in [1.54, 1.807) is 72.8 Å². The predicted octanol–water partition coefficient (Wildman–Crippen LogP) is 3.28. The van der Waals surface area contributed by atoms with Crippen LogP contribution in [-0.2, 0) is 0 Å². The van der Waals surface area contributed by atoms with E-state index >= 15 is 0 Å². The third kappa shape index (κ3) is 7.26. The Kier molecular flexibility index (Phi) is 9.08. The van der Waals surface area contributed by atoms with Crippen molar-refractivity contribution in [3.05, 3.63) is 112 Å².